The minimum Gasteiger partial charge on any atom is -0.377 e. The lowest BCUT2D eigenvalue weighted by Gasteiger charge is -2.26. The molecule has 2 N–H and O–H groups in total. The van der Waals surface area contributed by atoms with E-state index in [4.69, 9.17) is 4.74 Å². The molecule has 0 radical (unpaired) electrons. The van der Waals surface area contributed by atoms with Gasteiger partial charge in [-0.1, -0.05) is 72.8 Å². The number of carbonyl (C=O) groups excluding carboxylic acids is 1. The third-order valence-corrected chi connectivity index (χ3v) is 5.80. The molecule has 0 aromatic heterocycles. The van der Waals surface area contributed by atoms with Crippen molar-refractivity contribution in [2.45, 2.75) is 32.0 Å². The van der Waals surface area contributed by atoms with E-state index in [2.05, 4.69) is 29.2 Å². The zero-order valence-electron chi connectivity index (χ0n) is 18.9. The van der Waals surface area contributed by atoms with Crippen molar-refractivity contribution in [2.75, 3.05) is 13.7 Å². The quantitative estimate of drug-likeness (QED) is 0.297. The van der Waals surface area contributed by atoms with Crippen LogP contribution in [0.5, 0.6) is 0 Å². The summed E-state index contributed by atoms with van der Waals surface area (Å²) in [5.41, 5.74) is 4.98. The van der Waals surface area contributed by atoms with Gasteiger partial charge in [-0.3, -0.25) is 14.9 Å². The highest BCUT2D eigenvalue weighted by Gasteiger charge is 2.25. The molecule has 0 unspecified atom stereocenters. The van der Waals surface area contributed by atoms with Gasteiger partial charge < -0.3 is 4.74 Å². The van der Waals surface area contributed by atoms with Gasteiger partial charge in [-0.15, -0.1) is 0 Å². The fourth-order valence-corrected chi connectivity index (χ4v) is 3.99. The highest BCUT2D eigenvalue weighted by molar-refractivity contribution is 5.77. The topological polar surface area (TPSA) is 61.8 Å². The Morgan fingerprint density at radius 2 is 1.48 bits per heavy atom. The Morgan fingerprint density at radius 1 is 0.939 bits per heavy atom. The lowest BCUT2D eigenvalue weighted by Crippen LogP contribution is -2.33. The molecule has 3 aromatic carbocycles. The number of hydrogen-bond acceptors (Lipinski definition) is 4. The number of methoxy groups -OCH3 is 1. The van der Waals surface area contributed by atoms with Crippen LogP contribution in [0, 0.1) is 11.7 Å². The number of ether oxygens (including phenoxy) is 1. The highest BCUT2D eigenvalue weighted by atomic mass is 19.1. The molecule has 0 aliphatic carbocycles. The second kappa shape index (κ2) is 12.8. The summed E-state index contributed by atoms with van der Waals surface area (Å²) in [4.78, 5) is 14.8. The van der Waals surface area contributed by atoms with Gasteiger partial charge in [0.25, 0.3) is 0 Å². The molecular formula is C27H31FN2O3. The number of rotatable bonds is 12. The molecular weight excluding hydrogens is 419 g/mol. The lowest BCUT2D eigenvalue weighted by atomic mass is 9.93. The van der Waals surface area contributed by atoms with E-state index < -0.39 is 11.8 Å². The molecule has 6 heteroatoms. The van der Waals surface area contributed by atoms with Crippen LogP contribution in [0.25, 0.3) is 0 Å². The van der Waals surface area contributed by atoms with Crippen molar-refractivity contribution in [3.8, 4) is 0 Å². The summed E-state index contributed by atoms with van der Waals surface area (Å²) in [6, 6.07) is 26.5. The van der Waals surface area contributed by atoms with Gasteiger partial charge in [0.05, 0.1) is 6.10 Å². The van der Waals surface area contributed by atoms with Gasteiger partial charge in [0.1, 0.15) is 5.82 Å². The van der Waals surface area contributed by atoms with Crippen molar-refractivity contribution >= 4 is 5.91 Å². The summed E-state index contributed by atoms with van der Waals surface area (Å²) in [6.45, 7) is 2.14. The standard InChI is InChI=1S/C27H31FN2O3/c1-33-26(23-12-14-25(28)15-13-23)18-24(27(31)29-32)16-17-30(19-21-8-4-2-5-9-21)20-22-10-6-3-7-11-22/h2-15,24,26,32H,16-20H2,1H3,(H,29,31)/t24-,26+/m0/s1. The minimum atomic E-state index is -0.473. The molecule has 0 aliphatic rings. The van der Waals surface area contributed by atoms with Crippen LogP contribution >= 0.6 is 0 Å². The fraction of sp³-hybridized carbons (Fsp3) is 0.296. The Morgan fingerprint density at radius 3 is 1.97 bits per heavy atom. The Bertz CT molecular complexity index is 926. The molecule has 0 saturated heterocycles. The van der Waals surface area contributed by atoms with E-state index in [0.717, 1.165) is 18.7 Å². The van der Waals surface area contributed by atoms with Gasteiger partial charge in [0.2, 0.25) is 5.91 Å². The van der Waals surface area contributed by atoms with Crippen LogP contribution in [0.4, 0.5) is 4.39 Å². The number of nitrogens with one attached hydrogen (secondary N) is 1. The molecule has 0 saturated carbocycles. The van der Waals surface area contributed by atoms with E-state index in [-0.39, 0.29) is 11.9 Å². The van der Waals surface area contributed by atoms with Gasteiger partial charge in [-0.2, -0.15) is 0 Å². The number of hydroxylamine groups is 1. The first-order valence-corrected chi connectivity index (χ1v) is 11.1. The Hall–Kier alpha value is -3.06. The maximum atomic E-state index is 13.3. The molecule has 3 rings (SSSR count). The average molecular weight is 451 g/mol. The van der Waals surface area contributed by atoms with Crippen LogP contribution in [0.1, 0.15) is 35.6 Å². The van der Waals surface area contributed by atoms with Crippen molar-refractivity contribution in [1.29, 1.82) is 0 Å². The van der Waals surface area contributed by atoms with Crippen molar-refractivity contribution in [1.82, 2.24) is 10.4 Å². The van der Waals surface area contributed by atoms with E-state index in [1.54, 1.807) is 24.7 Å². The highest BCUT2D eigenvalue weighted by Crippen LogP contribution is 2.27. The number of nitrogens with zero attached hydrogens (tertiary/aromatic N) is 1. The van der Waals surface area contributed by atoms with E-state index in [1.807, 2.05) is 36.4 Å². The van der Waals surface area contributed by atoms with Gasteiger partial charge in [0, 0.05) is 26.1 Å². The number of carbonyl (C=O) groups is 1. The first-order chi connectivity index (χ1) is 16.1. The number of halogens is 1. The second-order valence-corrected chi connectivity index (χ2v) is 8.16. The molecule has 0 bridgehead atoms. The third kappa shape index (κ3) is 7.79. The van der Waals surface area contributed by atoms with Gasteiger partial charge in [0.15, 0.2) is 0 Å². The predicted molar refractivity (Wildman–Crippen MR) is 126 cm³/mol. The van der Waals surface area contributed by atoms with E-state index in [1.165, 1.54) is 23.3 Å². The van der Waals surface area contributed by atoms with Crippen LogP contribution in [-0.4, -0.2) is 29.7 Å². The molecule has 5 nitrogen and oxygen atoms in total. The van der Waals surface area contributed by atoms with Crippen LogP contribution in [0.15, 0.2) is 84.9 Å². The normalized spacial score (nSPS) is 13.0. The van der Waals surface area contributed by atoms with Crippen LogP contribution < -0.4 is 5.48 Å². The third-order valence-electron chi connectivity index (χ3n) is 5.80. The number of amides is 1. The maximum absolute atomic E-state index is 13.3. The number of hydrogen-bond donors (Lipinski definition) is 2. The minimum absolute atomic E-state index is 0.323. The first kappa shape index (κ1) is 24.6. The first-order valence-electron chi connectivity index (χ1n) is 11.1. The molecule has 0 spiro atoms. The fourth-order valence-electron chi connectivity index (χ4n) is 3.99. The molecule has 1 amide bonds. The molecule has 33 heavy (non-hydrogen) atoms. The Labute approximate surface area is 194 Å². The van der Waals surface area contributed by atoms with Crippen molar-refractivity contribution in [3.63, 3.8) is 0 Å². The van der Waals surface area contributed by atoms with Gasteiger partial charge in [-0.05, 0) is 48.2 Å². The smallest absolute Gasteiger partial charge is 0.246 e. The second-order valence-electron chi connectivity index (χ2n) is 8.16. The summed E-state index contributed by atoms with van der Waals surface area (Å²) < 4.78 is 18.9. The number of benzene rings is 3. The Balaban J connectivity index is 1.71. The Kier molecular flexibility index (Phi) is 9.57. The van der Waals surface area contributed by atoms with E-state index in [9.17, 15) is 14.4 Å². The summed E-state index contributed by atoms with van der Waals surface area (Å²) in [6.07, 6.45) is 0.524. The molecule has 0 aliphatic heterocycles. The molecule has 3 aromatic rings. The van der Waals surface area contributed by atoms with Gasteiger partial charge >= 0.3 is 0 Å². The van der Waals surface area contributed by atoms with Gasteiger partial charge in [-0.25, -0.2) is 9.87 Å². The lowest BCUT2D eigenvalue weighted by molar-refractivity contribution is -0.135. The van der Waals surface area contributed by atoms with Crippen molar-refractivity contribution < 1.29 is 19.1 Å². The van der Waals surface area contributed by atoms with Crippen molar-refractivity contribution in [2.24, 2.45) is 5.92 Å². The monoisotopic (exact) mass is 450 g/mol. The summed E-state index contributed by atoms with van der Waals surface area (Å²) in [7, 11) is 1.57. The van der Waals surface area contributed by atoms with Crippen LogP contribution in [-0.2, 0) is 22.6 Å². The zero-order valence-corrected chi connectivity index (χ0v) is 18.9. The average Bonchev–Trinajstić information content (AvgIpc) is 2.85. The molecule has 2 atom stereocenters. The SMILES string of the molecule is CO[C@H](C[C@H](CCN(Cc1ccccc1)Cc1ccccc1)C(=O)NO)c1ccc(F)cc1. The maximum Gasteiger partial charge on any atom is 0.246 e. The summed E-state index contributed by atoms with van der Waals surface area (Å²) >= 11 is 0. The molecule has 0 fully saturated rings. The van der Waals surface area contributed by atoms with E-state index >= 15 is 0 Å². The molecule has 174 valence electrons. The predicted octanol–water partition coefficient (Wildman–Crippen LogP) is 5.12. The zero-order chi connectivity index (χ0) is 23.5. The summed E-state index contributed by atoms with van der Waals surface area (Å²) in [5, 5.41) is 9.33. The van der Waals surface area contributed by atoms with Crippen molar-refractivity contribution in [3.05, 3.63) is 107 Å². The van der Waals surface area contributed by atoms with E-state index in [0.29, 0.717) is 19.4 Å². The van der Waals surface area contributed by atoms with Crippen LogP contribution in [0.2, 0.25) is 0 Å². The molecule has 0 heterocycles. The largest absolute Gasteiger partial charge is 0.377 e. The van der Waals surface area contributed by atoms with Crippen LogP contribution in [0.3, 0.4) is 0 Å². The summed E-state index contributed by atoms with van der Waals surface area (Å²) in [5.74, 6) is -1.24.